The number of amides is 3. The van der Waals surface area contributed by atoms with Crippen molar-refractivity contribution in [2.75, 3.05) is 17.6 Å². The first-order valence-corrected chi connectivity index (χ1v) is 9.97. The lowest BCUT2D eigenvalue weighted by Crippen LogP contribution is -2.47. The standard InChI is InChI=1S/C18H22N4O3S2/c1-12(23)20-14(10-26)17(25)19-9-5-8-16(24)22-18-21-15(11-27-18)13-6-3-2-4-7-13/h2-4,6-7,11,14,26H,5,8-10H2,1H3,(H,19,25)(H,20,23)(H,21,22,24)/t14-/m0/s1. The summed E-state index contributed by atoms with van der Waals surface area (Å²) in [6.07, 6.45) is 0.736. The molecule has 7 nitrogen and oxygen atoms in total. The summed E-state index contributed by atoms with van der Waals surface area (Å²) in [5.74, 6) is -0.555. The minimum atomic E-state index is -0.675. The first kappa shape index (κ1) is 20.9. The summed E-state index contributed by atoms with van der Waals surface area (Å²) >= 11 is 5.41. The topological polar surface area (TPSA) is 100 Å². The predicted octanol–water partition coefficient (Wildman–Crippen LogP) is 2.08. The second-order valence-electron chi connectivity index (χ2n) is 5.78. The van der Waals surface area contributed by atoms with E-state index in [2.05, 4.69) is 33.6 Å². The van der Waals surface area contributed by atoms with Gasteiger partial charge in [0.05, 0.1) is 5.69 Å². The van der Waals surface area contributed by atoms with Crippen molar-refractivity contribution < 1.29 is 14.4 Å². The van der Waals surface area contributed by atoms with Gasteiger partial charge in [0.15, 0.2) is 5.13 Å². The third-order valence-corrected chi connectivity index (χ3v) is 4.70. The zero-order chi connectivity index (χ0) is 19.6. The summed E-state index contributed by atoms with van der Waals surface area (Å²) in [7, 11) is 0. The molecule has 3 N–H and O–H groups in total. The number of nitrogens with one attached hydrogen (secondary N) is 3. The van der Waals surface area contributed by atoms with Crippen molar-refractivity contribution >= 4 is 46.8 Å². The summed E-state index contributed by atoms with van der Waals surface area (Å²) in [5, 5.41) is 10.4. The Hall–Kier alpha value is -2.39. The predicted molar refractivity (Wildman–Crippen MR) is 110 cm³/mol. The maximum Gasteiger partial charge on any atom is 0.243 e. The Balaban J connectivity index is 1.71. The fourth-order valence-electron chi connectivity index (χ4n) is 2.28. The lowest BCUT2D eigenvalue weighted by Gasteiger charge is -2.15. The minimum Gasteiger partial charge on any atom is -0.354 e. The molecule has 0 bridgehead atoms. The third kappa shape index (κ3) is 7.03. The van der Waals surface area contributed by atoms with E-state index < -0.39 is 6.04 Å². The molecule has 2 aromatic rings. The maximum absolute atomic E-state index is 12.0. The van der Waals surface area contributed by atoms with E-state index in [1.54, 1.807) is 0 Å². The molecule has 0 radical (unpaired) electrons. The number of carbonyl (C=O) groups excluding carboxylic acids is 3. The number of thiol groups is 1. The molecular formula is C18H22N4O3S2. The van der Waals surface area contributed by atoms with Gasteiger partial charge in [0.2, 0.25) is 17.7 Å². The van der Waals surface area contributed by atoms with E-state index in [-0.39, 0.29) is 29.9 Å². The largest absolute Gasteiger partial charge is 0.354 e. The zero-order valence-electron chi connectivity index (χ0n) is 14.9. The SMILES string of the molecule is CC(=O)N[C@@H](CS)C(=O)NCCCC(=O)Nc1nc(-c2ccccc2)cs1. The average molecular weight is 407 g/mol. The number of nitrogens with zero attached hydrogens (tertiary/aromatic N) is 1. The van der Waals surface area contributed by atoms with Crippen LogP contribution >= 0.6 is 24.0 Å². The van der Waals surface area contributed by atoms with E-state index in [9.17, 15) is 14.4 Å². The Kier molecular flexibility index (Phi) is 8.28. The van der Waals surface area contributed by atoms with E-state index in [1.165, 1.54) is 18.3 Å². The van der Waals surface area contributed by atoms with Crippen LogP contribution in [0.25, 0.3) is 11.3 Å². The fourth-order valence-corrected chi connectivity index (χ4v) is 3.27. The van der Waals surface area contributed by atoms with Gasteiger partial charge in [-0.3, -0.25) is 14.4 Å². The Morgan fingerprint density at radius 1 is 1.22 bits per heavy atom. The molecule has 0 spiro atoms. The van der Waals surface area contributed by atoms with Crippen molar-refractivity contribution in [2.45, 2.75) is 25.8 Å². The highest BCUT2D eigenvalue weighted by Gasteiger charge is 2.17. The highest BCUT2D eigenvalue weighted by atomic mass is 32.1. The van der Waals surface area contributed by atoms with Crippen LogP contribution < -0.4 is 16.0 Å². The van der Waals surface area contributed by atoms with Crippen molar-refractivity contribution in [2.24, 2.45) is 0 Å². The summed E-state index contributed by atoms with van der Waals surface area (Å²) in [4.78, 5) is 39.3. The third-order valence-electron chi connectivity index (χ3n) is 3.58. The first-order valence-electron chi connectivity index (χ1n) is 8.46. The van der Waals surface area contributed by atoms with E-state index in [1.807, 2.05) is 35.7 Å². The monoisotopic (exact) mass is 406 g/mol. The number of benzene rings is 1. The summed E-state index contributed by atoms with van der Waals surface area (Å²) in [6.45, 7) is 1.68. The smallest absolute Gasteiger partial charge is 0.243 e. The van der Waals surface area contributed by atoms with Gasteiger partial charge in [0.25, 0.3) is 0 Å². The van der Waals surface area contributed by atoms with Crippen LogP contribution in [0.4, 0.5) is 5.13 Å². The normalized spacial score (nSPS) is 11.5. The van der Waals surface area contributed by atoms with Gasteiger partial charge >= 0.3 is 0 Å². The van der Waals surface area contributed by atoms with Gasteiger partial charge in [-0.15, -0.1) is 11.3 Å². The van der Waals surface area contributed by atoms with Crippen molar-refractivity contribution in [1.29, 1.82) is 0 Å². The molecule has 0 saturated carbocycles. The molecule has 1 heterocycles. The van der Waals surface area contributed by atoms with Gasteiger partial charge in [0.1, 0.15) is 6.04 Å². The Labute approximate surface area is 167 Å². The quantitative estimate of drug-likeness (QED) is 0.378. The summed E-state index contributed by atoms with van der Waals surface area (Å²) in [6, 6.07) is 9.06. The van der Waals surface area contributed by atoms with Gasteiger partial charge in [-0.1, -0.05) is 30.3 Å². The molecule has 0 aliphatic carbocycles. The first-order chi connectivity index (χ1) is 13.0. The van der Waals surface area contributed by atoms with E-state index in [0.29, 0.717) is 18.1 Å². The van der Waals surface area contributed by atoms with Crippen molar-refractivity contribution in [3.63, 3.8) is 0 Å². The minimum absolute atomic E-state index is 0.161. The highest BCUT2D eigenvalue weighted by molar-refractivity contribution is 7.80. The Bertz CT molecular complexity index is 780. The molecule has 0 unspecified atom stereocenters. The molecule has 144 valence electrons. The molecule has 1 aromatic carbocycles. The molecule has 0 aliphatic rings. The molecule has 9 heteroatoms. The second-order valence-corrected chi connectivity index (χ2v) is 7.01. The molecule has 3 amide bonds. The summed E-state index contributed by atoms with van der Waals surface area (Å²) < 4.78 is 0. The van der Waals surface area contributed by atoms with Gasteiger partial charge < -0.3 is 16.0 Å². The molecule has 1 aromatic heterocycles. The van der Waals surface area contributed by atoms with Gasteiger partial charge in [-0.05, 0) is 6.42 Å². The van der Waals surface area contributed by atoms with E-state index >= 15 is 0 Å². The Morgan fingerprint density at radius 3 is 2.63 bits per heavy atom. The molecule has 27 heavy (non-hydrogen) atoms. The van der Waals surface area contributed by atoms with Crippen LogP contribution in [0, 0.1) is 0 Å². The number of hydrogen-bond donors (Lipinski definition) is 4. The van der Waals surface area contributed by atoms with Crippen LogP contribution in [0.2, 0.25) is 0 Å². The number of aromatic nitrogens is 1. The van der Waals surface area contributed by atoms with Gasteiger partial charge in [0, 0.05) is 36.6 Å². The lowest BCUT2D eigenvalue weighted by atomic mass is 10.2. The number of hydrogen-bond acceptors (Lipinski definition) is 6. The van der Waals surface area contributed by atoms with Crippen molar-refractivity contribution in [1.82, 2.24) is 15.6 Å². The fraction of sp³-hybridized carbons (Fsp3) is 0.333. The second kappa shape index (κ2) is 10.7. The van der Waals surface area contributed by atoms with Gasteiger partial charge in [-0.2, -0.15) is 12.6 Å². The van der Waals surface area contributed by atoms with E-state index in [0.717, 1.165) is 11.3 Å². The van der Waals surface area contributed by atoms with Gasteiger partial charge in [-0.25, -0.2) is 4.98 Å². The molecule has 1 atom stereocenters. The average Bonchev–Trinajstić information content (AvgIpc) is 3.12. The number of anilines is 1. The van der Waals surface area contributed by atoms with Crippen LogP contribution in [-0.4, -0.2) is 41.0 Å². The highest BCUT2D eigenvalue weighted by Crippen LogP contribution is 2.24. The van der Waals surface area contributed by atoms with Crippen LogP contribution in [0.15, 0.2) is 35.7 Å². The maximum atomic E-state index is 12.0. The van der Waals surface area contributed by atoms with Crippen LogP contribution in [0.5, 0.6) is 0 Å². The number of rotatable bonds is 9. The molecule has 0 saturated heterocycles. The van der Waals surface area contributed by atoms with Crippen LogP contribution in [0.1, 0.15) is 19.8 Å². The molecule has 0 fully saturated rings. The number of thiazole rings is 1. The molecule has 0 aliphatic heterocycles. The summed E-state index contributed by atoms with van der Waals surface area (Å²) in [5.41, 5.74) is 1.81. The van der Waals surface area contributed by atoms with Crippen LogP contribution in [-0.2, 0) is 14.4 Å². The molecular weight excluding hydrogens is 384 g/mol. The van der Waals surface area contributed by atoms with Crippen LogP contribution in [0.3, 0.4) is 0 Å². The van der Waals surface area contributed by atoms with E-state index in [4.69, 9.17) is 0 Å². The van der Waals surface area contributed by atoms with Crippen molar-refractivity contribution in [3.8, 4) is 11.3 Å². The molecule has 2 rings (SSSR count). The zero-order valence-corrected chi connectivity index (χ0v) is 16.6. The number of carbonyl (C=O) groups is 3. The Morgan fingerprint density at radius 2 is 1.96 bits per heavy atom. The lowest BCUT2D eigenvalue weighted by molar-refractivity contribution is -0.127. The van der Waals surface area contributed by atoms with Crippen molar-refractivity contribution in [3.05, 3.63) is 35.7 Å².